The highest BCUT2D eigenvalue weighted by Crippen LogP contribution is 2.21. The Morgan fingerprint density at radius 2 is 2.20 bits per heavy atom. The Hall–Kier alpha value is -0.620. The monoisotopic (exact) mass is 232 g/mol. The van der Waals surface area contributed by atoms with Gasteiger partial charge in [0.05, 0.1) is 24.1 Å². The summed E-state index contributed by atoms with van der Waals surface area (Å²) in [6, 6.07) is -0.199. The molecule has 0 bridgehead atoms. The van der Waals surface area contributed by atoms with Crippen LogP contribution in [0.1, 0.15) is 13.3 Å². The van der Waals surface area contributed by atoms with E-state index in [-0.39, 0.29) is 36.0 Å². The van der Waals surface area contributed by atoms with E-state index in [0.717, 1.165) is 6.42 Å². The molecule has 15 heavy (non-hydrogen) atoms. The van der Waals surface area contributed by atoms with E-state index >= 15 is 0 Å². The fourth-order valence-electron chi connectivity index (χ4n) is 2.37. The van der Waals surface area contributed by atoms with Crippen molar-refractivity contribution in [2.45, 2.75) is 25.4 Å². The third-order valence-corrected chi connectivity index (χ3v) is 4.74. The Balaban J connectivity index is 2.19. The Bertz CT molecular complexity index is 366. The molecule has 0 saturated carbocycles. The van der Waals surface area contributed by atoms with Crippen molar-refractivity contribution in [1.29, 1.82) is 0 Å². The first-order chi connectivity index (χ1) is 7.03. The molecule has 2 unspecified atom stereocenters. The molecule has 2 atom stereocenters. The number of fused-ring (bicyclic) bond motifs is 1. The molecule has 1 N–H and O–H groups in total. The van der Waals surface area contributed by atoms with Crippen molar-refractivity contribution >= 4 is 15.7 Å². The van der Waals surface area contributed by atoms with Crippen molar-refractivity contribution in [2.75, 3.05) is 24.6 Å². The second kappa shape index (κ2) is 3.75. The second-order valence-electron chi connectivity index (χ2n) is 4.22. The van der Waals surface area contributed by atoms with Gasteiger partial charge in [0.2, 0.25) is 5.91 Å². The first kappa shape index (κ1) is 10.9. The molecule has 0 aromatic rings. The lowest BCUT2D eigenvalue weighted by atomic mass is 10.1. The Morgan fingerprint density at radius 1 is 1.47 bits per heavy atom. The van der Waals surface area contributed by atoms with Gasteiger partial charge in [-0.1, -0.05) is 6.92 Å². The number of nitrogens with zero attached hydrogens (tertiary/aromatic N) is 1. The van der Waals surface area contributed by atoms with Crippen LogP contribution in [0.3, 0.4) is 0 Å². The molecule has 6 heteroatoms. The van der Waals surface area contributed by atoms with Gasteiger partial charge in [-0.15, -0.1) is 0 Å². The van der Waals surface area contributed by atoms with Gasteiger partial charge in [0, 0.05) is 12.6 Å². The third kappa shape index (κ3) is 2.01. The minimum Gasteiger partial charge on any atom is -0.336 e. The largest absolute Gasteiger partial charge is 0.336 e. The minimum absolute atomic E-state index is 0.0233. The molecule has 2 saturated heterocycles. The maximum atomic E-state index is 11.6. The van der Waals surface area contributed by atoms with Crippen LogP contribution >= 0.6 is 0 Å². The molecule has 0 radical (unpaired) electrons. The summed E-state index contributed by atoms with van der Waals surface area (Å²) in [7, 11) is -2.96. The lowest BCUT2D eigenvalue weighted by Gasteiger charge is -2.37. The van der Waals surface area contributed by atoms with Crippen molar-refractivity contribution in [1.82, 2.24) is 10.2 Å². The molecule has 0 spiro atoms. The fraction of sp³-hybridized carbons (Fsp3) is 0.889. The van der Waals surface area contributed by atoms with Crippen LogP contribution in [0, 0.1) is 0 Å². The first-order valence-corrected chi connectivity index (χ1v) is 7.09. The predicted octanol–water partition coefficient (Wildman–Crippen LogP) is -1.01. The SMILES string of the molecule is CCCN1C(=O)CNC2CS(=O)(=O)CC21. The highest BCUT2D eigenvalue weighted by molar-refractivity contribution is 7.91. The van der Waals surface area contributed by atoms with E-state index in [4.69, 9.17) is 0 Å². The van der Waals surface area contributed by atoms with Gasteiger partial charge in [0.1, 0.15) is 0 Å². The summed E-state index contributed by atoms with van der Waals surface area (Å²) < 4.78 is 23.0. The number of hydrogen-bond donors (Lipinski definition) is 1. The van der Waals surface area contributed by atoms with E-state index in [1.165, 1.54) is 0 Å². The molecular formula is C9H16N2O3S. The number of sulfone groups is 1. The molecule has 0 aromatic heterocycles. The van der Waals surface area contributed by atoms with E-state index in [2.05, 4.69) is 5.32 Å². The summed E-state index contributed by atoms with van der Waals surface area (Å²) in [4.78, 5) is 13.3. The Labute approximate surface area is 89.7 Å². The number of rotatable bonds is 2. The standard InChI is InChI=1S/C9H16N2O3S/c1-2-3-11-8-6-15(13,14)5-7(8)10-4-9(11)12/h7-8,10H,2-6H2,1H3. The van der Waals surface area contributed by atoms with Gasteiger partial charge < -0.3 is 10.2 Å². The number of carbonyl (C=O) groups excluding carboxylic acids is 1. The molecule has 2 heterocycles. The molecule has 2 fully saturated rings. The molecule has 86 valence electrons. The average Bonchev–Trinajstić information content (AvgIpc) is 2.46. The summed E-state index contributed by atoms with van der Waals surface area (Å²) >= 11 is 0. The smallest absolute Gasteiger partial charge is 0.236 e. The zero-order chi connectivity index (χ0) is 11.1. The zero-order valence-electron chi connectivity index (χ0n) is 8.77. The summed E-state index contributed by atoms with van der Waals surface area (Å²) in [6.07, 6.45) is 0.870. The molecule has 5 nitrogen and oxygen atoms in total. The van der Waals surface area contributed by atoms with Crippen LogP contribution in [0.15, 0.2) is 0 Å². The zero-order valence-corrected chi connectivity index (χ0v) is 9.59. The summed E-state index contributed by atoms with van der Waals surface area (Å²) in [6.45, 7) is 2.93. The average molecular weight is 232 g/mol. The maximum absolute atomic E-state index is 11.6. The molecule has 0 aromatic carbocycles. The van der Waals surface area contributed by atoms with Crippen LogP contribution in [-0.4, -0.2) is 55.9 Å². The third-order valence-electron chi connectivity index (χ3n) is 3.02. The number of amides is 1. The van der Waals surface area contributed by atoms with Crippen molar-refractivity contribution in [3.63, 3.8) is 0 Å². The van der Waals surface area contributed by atoms with Gasteiger partial charge in [0.15, 0.2) is 9.84 Å². The maximum Gasteiger partial charge on any atom is 0.236 e. The van der Waals surface area contributed by atoms with Crippen LogP contribution in [0.2, 0.25) is 0 Å². The minimum atomic E-state index is -2.96. The molecule has 2 rings (SSSR count). The van der Waals surface area contributed by atoms with Crippen LogP contribution in [0.5, 0.6) is 0 Å². The number of carbonyl (C=O) groups is 1. The van der Waals surface area contributed by atoms with Crippen molar-refractivity contribution < 1.29 is 13.2 Å². The highest BCUT2D eigenvalue weighted by atomic mass is 32.2. The molecule has 0 aliphatic carbocycles. The van der Waals surface area contributed by atoms with Crippen LogP contribution in [0.25, 0.3) is 0 Å². The van der Waals surface area contributed by atoms with Gasteiger partial charge in [0.25, 0.3) is 0 Å². The summed E-state index contributed by atoms with van der Waals surface area (Å²) in [5.41, 5.74) is 0. The molecular weight excluding hydrogens is 216 g/mol. The van der Waals surface area contributed by atoms with Crippen LogP contribution in [0.4, 0.5) is 0 Å². The second-order valence-corrected chi connectivity index (χ2v) is 6.37. The van der Waals surface area contributed by atoms with E-state index in [0.29, 0.717) is 6.54 Å². The van der Waals surface area contributed by atoms with Crippen molar-refractivity contribution in [2.24, 2.45) is 0 Å². The lowest BCUT2D eigenvalue weighted by molar-refractivity contribution is -0.135. The highest BCUT2D eigenvalue weighted by Gasteiger charge is 2.44. The molecule has 1 amide bonds. The van der Waals surface area contributed by atoms with E-state index in [9.17, 15) is 13.2 Å². The van der Waals surface area contributed by atoms with Gasteiger partial charge in [-0.05, 0) is 6.42 Å². The van der Waals surface area contributed by atoms with Crippen LogP contribution < -0.4 is 5.32 Å². The van der Waals surface area contributed by atoms with E-state index in [1.54, 1.807) is 4.90 Å². The van der Waals surface area contributed by atoms with E-state index < -0.39 is 9.84 Å². The normalized spacial score (nSPS) is 34.2. The van der Waals surface area contributed by atoms with Crippen molar-refractivity contribution in [3.8, 4) is 0 Å². The first-order valence-electron chi connectivity index (χ1n) is 5.27. The summed E-state index contributed by atoms with van der Waals surface area (Å²) in [5.74, 6) is 0.317. The Morgan fingerprint density at radius 3 is 2.87 bits per heavy atom. The molecule has 2 aliphatic rings. The van der Waals surface area contributed by atoms with Crippen molar-refractivity contribution in [3.05, 3.63) is 0 Å². The number of piperazine rings is 1. The predicted molar refractivity (Wildman–Crippen MR) is 56.2 cm³/mol. The Kier molecular flexibility index (Phi) is 2.72. The van der Waals surface area contributed by atoms with Crippen LogP contribution in [-0.2, 0) is 14.6 Å². The lowest BCUT2D eigenvalue weighted by Crippen LogP contribution is -2.60. The topological polar surface area (TPSA) is 66.5 Å². The van der Waals surface area contributed by atoms with Gasteiger partial charge in [-0.3, -0.25) is 4.79 Å². The fourth-order valence-corrected chi connectivity index (χ4v) is 4.32. The van der Waals surface area contributed by atoms with E-state index in [1.807, 2.05) is 6.92 Å². The van der Waals surface area contributed by atoms with Gasteiger partial charge in [-0.2, -0.15) is 0 Å². The quantitative estimate of drug-likeness (QED) is 0.663. The summed E-state index contributed by atoms with van der Waals surface area (Å²) in [5, 5.41) is 3.00. The van der Waals surface area contributed by atoms with Gasteiger partial charge >= 0.3 is 0 Å². The number of nitrogens with one attached hydrogen (secondary N) is 1. The molecule has 2 aliphatic heterocycles. The number of hydrogen-bond acceptors (Lipinski definition) is 4. The van der Waals surface area contributed by atoms with Gasteiger partial charge in [-0.25, -0.2) is 8.42 Å².